The maximum absolute atomic E-state index is 14.1. The van der Waals surface area contributed by atoms with Crippen molar-refractivity contribution in [3.63, 3.8) is 0 Å². The van der Waals surface area contributed by atoms with Gasteiger partial charge in [0.2, 0.25) is 5.91 Å². The highest BCUT2D eigenvalue weighted by atomic mass is 127. The van der Waals surface area contributed by atoms with Crippen molar-refractivity contribution in [2.45, 2.75) is 11.7 Å². The number of hydrogen-bond donors (Lipinski definition) is 1. The molecule has 3 aromatic rings. The van der Waals surface area contributed by atoms with E-state index in [-0.39, 0.29) is 17.5 Å². The zero-order chi connectivity index (χ0) is 19.2. The van der Waals surface area contributed by atoms with Crippen LogP contribution in [0.4, 0.5) is 10.1 Å². The van der Waals surface area contributed by atoms with Crippen molar-refractivity contribution in [3.05, 3.63) is 70.6 Å². The SMILES string of the molecule is C=CCn1c(SCC(=O)Nc2ccccc2I)nnc1-c1ccccc1F. The van der Waals surface area contributed by atoms with E-state index < -0.39 is 0 Å². The number of aromatic nitrogens is 3. The van der Waals surface area contributed by atoms with E-state index in [1.165, 1.54) is 17.8 Å². The largest absolute Gasteiger partial charge is 0.324 e. The summed E-state index contributed by atoms with van der Waals surface area (Å²) in [7, 11) is 0. The van der Waals surface area contributed by atoms with Gasteiger partial charge in [-0.1, -0.05) is 42.1 Å². The third-order valence-corrected chi connectivity index (χ3v) is 5.53. The first-order valence-corrected chi connectivity index (χ1v) is 10.1. The molecule has 1 N–H and O–H groups in total. The average molecular weight is 494 g/mol. The Balaban J connectivity index is 1.75. The molecule has 5 nitrogen and oxygen atoms in total. The third-order valence-electron chi connectivity index (χ3n) is 3.62. The number of halogens is 2. The fourth-order valence-corrected chi connectivity index (χ4v) is 3.68. The summed E-state index contributed by atoms with van der Waals surface area (Å²) in [6.45, 7) is 4.15. The second-order valence-corrected chi connectivity index (χ2v) is 7.61. The van der Waals surface area contributed by atoms with E-state index in [1.54, 1.807) is 28.8 Å². The molecule has 2 aromatic carbocycles. The number of amides is 1. The van der Waals surface area contributed by atoms with Gasteiger partial charge in [0, 0.05) is 10.1 Å². The monoisotopic (exact) mass is 494 g/mol. The molecule has 27 heavy (non-hydrogen) atoms. The second-order valence-electron chi connectivity index (χ2n) is 5.50. The molecule has 0 aliphatic heterocycles. The molecule has 1 aromatic heterocycles. The lowest BCUT2D eigenvalue weighted by atomic mass is 10.2. The van der Waals surface area contributed by atoms with Crippen LogP contribution >= 0.6 is 34.4 Å². The number of allylic oxidation sites excluding steroid dienone is 1. The molecule has 0 saturated carbocycles. The number of rotatable bonds is 7. The smallest absolute Gasteiger partial charge is 0.234 e. The molecule has 0 atom stereocenters. The lowest BCUT2D eigenvalue weighted by molar-refractivity contribution is -0.113. The molecule has 0 fully saturated rings. The summed E-state index contributed by atoms with van der Waals surface area (Å²) in [6, 6.07) is 13.9. The third kappa shape index (κ3) is 4.75. The Morgan fingerprint density at radius 1 is 1.22 bits per heavy atom. The van der Waals surface area contributed by atoms with E-state index in [4.69, 9.17) is 0 Å². The molecule has 0 bridgehead atoms. The molecule has 0 aliphatic carbocycles. The standard InChI is InChI=1S/C19H16FIN4OS/c1-2-11-25-18(13-7-3-4-8-14(13)20)23-24-19(25)27-12-17(26)22-16-10-6-5-9-15(16)21/h2-10H,1,11-12H2,(H,22,26). The number of para-hydroxylation sites is 1. The summed E-state index contributed by atoms with van der Waals surface area (Å²) < 4.78 is 16.8. The van der Waals surface area contributed by atoms with Gasteiger partial charge in [0.25, 0.3) is 0 Å². The number of carbonyl (C=O) groups is 1. The Kier molecular flexibility index (Phi) is 6.62. The van der Waals surface area contributed by atoms with Crippen LogP contribution < -0.4 is 5.32 Å². The van der Waals surface area contributed by atoms with E-state index in [0.717, 1.165) is 9.26 Å². The first-order chi connectivity index (χ1) is 13.1. The predicted molar refractivity (Wildman–Crippen MR) is 114 cm³/mol. The molecule has 1 amide bonds. The Morgan fingerprint density at radius 3 is 2.70 bits per heavy atom. The molecule has 1 heterocycles. The number of nitrogens with zero attached hydrogens (tertiary/aromatic N) is 3. The van der Waals surface area contributed by atoms with Crippen LogP contribution in [-0.4, -0.2) is 26.4 Å². The first-order valence-electron chi connectivity index (χ1n) is 8.06. The van der Waals surface area contributed by atoms with E-state index in [9.17, 15) is 9.18 Å². The van der Waals surface area contributed by atoms with E-state index in [0.29, 0.717) is 23.1 Å². The van der Waals surface area contributed by atoms with E-state index in [2.05, 4.69) is 44.7 Å². The Labute approximate surface area is 174 Å². The Bertz CT molecular complexity index is 976. The highest BCUT2D eigenvalue weighted by molar-refractivity contribution is 14.1. The van der Waals surface area contributed by atoms with Crippen molar-refractivity contribution in [2.75, 3.05) is 11.1 Å². The fourth-order valence-electron chi connectivity index (χ4n) is 2.41. The van der Waals surface area contributed by atoms with Crippen molar-refractivity contribution in [1.29, 1.82) is 0 Å². The van der Waals surface area contributed by atoms with Gasteiger partial charge in [-0.15, -0.1) is 16.8 Å². The summed E-state index contributed by atoms with van der Waals surface area (Å²) >= 11 is 3.41. The van der Waals surface area contributed by atoms with Gasteiger partial charge in [-0.05, 0) is 46.9 Å². The van der Waals surface area contributed by atoms with Gasteiger partial charge in [0.1, 0.15) is 5.82 Å². The summed E-state index contributed by atoms with van der Waals surface area (Å²) in [5, 5.41) is 11.7. The van der Waals surface area contributed by atoms with Crippen molar-refractivity contribution < 1.29 is 9.18 Å². The van der Waals surface area contributed by atoms with Crippen LogP contribution in [0.25, 0.3) is 11.4 Å². The van der Waals surface area contributed by atoms with Gasteiger partial charge in [-0.3, -0.25) is 9.36 Å². The average Bonchev–Trinajstić information content (AvgIpc) is 3.05. The number of anilines is 1. The quantitative estimate of drug-likeness (QED) is 0.296. The highest BCUT2D eigenvalue weighted by Crippen LogP contribution is 2.26. The molecular weight excluding hydrogens is 478 g/mol. The summed E-state index contributed by atoms with van der Waals surface area (Å²) in [4.78, 5) is 12.3. The molecule has 0 aliphatic rings. The van der Waals surface area contributed by atoms with E-state index in [1.807, 2.05) is 24.3 Å². The van der Waals surface area contributed by atoms with Gasteiger partial charge in [0.15, 0.2) is 11.0 Å². The molecule has 0 spiro atoms. The predicted octanol–water partition coefficient (Wildman–Crippen LogP) is 4.61. The number of carbonyl (C=O) groups excluding carboxylic acids is 1. The molecular formula is C19H16FIN4OS. The van der Waals surface area contributed by atoms with Crippen LogP contribution in [0.15, 0.2) is 66.3 Å². The van der Waals surface area contributed by atoms with Gasteiger partial charge < -0.3 is 5.32 Å². The number of hydrogen-bond acceptors (Lipinski definition) is 4. The Hall–Kier alpha value is -2.20. The zero-order valence-corrected chi connectivity index (χ0v) is 17.2. The first kappa shape index (κ1) is 19.6. The fraction of sp³-hybridized carbons (Fsp3) is 0.105. The van der Waals surface area contributed by atoms with Crippen LogP contribution in [0, 0.1) is 9.39 Å². The maximum Gasteiger partial charge on any atom is 0.234 e. The van der Waals surface area contributed by atoms with Crippen LogP contribution in [0.1, 0.15) is 0 Å². The highest BCUT2D eigenvalue weighted by Gasteiger charge is 2.17. The summed E-state index contributed by atoms with van der Waals surface area (Å²) in [5.74, 6) is 0.0544. The number of nitrogens with one attached hydrogen (secondary N) is 1. The van der Waals surface area contributed by atoms with Crippen LogP contribution in [-0.2, 0) is 11.3 Å². The molecule has 8 heteroatoms. The van der Waals surface area contributed by atoms with Crippen LogP contribution in [0.3, 0.4) is 0 Å². The molecule has 0 unspecified atom stereocenters. The van der Waals surface area contributed by atoms with Crippen LogP contribution in [0.2, 0.25) is 0 Å². The van der Waals surface area contributed by atoms with Crippen molar-refractivity contribution >= 4 is 45.9 Å². The minimum atomic E-state index is -0.372. The molecule has 0 radical (unpaired) electrons. The van der Waals surface area contributed by atoms with Crippen molar-refractivity contribution in [1.82, 2.24) is 14.8 Å². The van der Waals surface area contributed by atoms with Crippen molar-refractivity contribution in [2.24, 2.45) is 0 Å². The topological polar surface area (TPSA) is 59.8 Å². The van der Waals surface area contributed by atoms with Gasteiger partial charge in [0.05, 0.1) is 17.0 Å². The lowest BCUT2D eigenvalue weighted by Crippen LogP contribution is -2.15. The Morgan fingerprint density at radius 2 is 1.96 bits per heavy atom. The van der Waals surface area contributed by atoms with Crippen LogP contribution in [0.5, 0.6) is 0 Å². The summed E-state index contributed by atoms with van der Waals surface area (Å²) in [5.41, 5.74) is 1.13. The van der Waals surface area contributed by atoms with Gasteiger partial charge >= 0.3 is 0 Å². The zero-order valence-electron chi connectivity index (χ0n) is 14.2. The number of thioether (sulfide) groups is 1. The van der Waals surface area contributed by atoms with Gasteiger partial charge in [-0.25, -0.2) is 4.39 Å². The van der Waals surface area contributed by atoms with E-state index >= 15 is 0 Å². The van der Waals surface area contributed by atoms with Crippen molar-refractivity contribution in [3.8, 4) is 11.4 Å². The minimum Gasteiger partial charge on any atom is -0.324 e. The van der Waals surface area contributed by atoms with Gasteiger partial charge in [-0.2, -0.15) is 0 Å². The minimum absolute atomic E-state index is 0.148. The second kappa shape index (κ2) is 9.14. The summed E-state index contributed by atoms with van der Waals surface area (Å²) in [6.07, 6.45) is 1.68. The molecule has 138 valence electrons. The number of benzene rings is 2. The lowest BCUT2D eigenvalue weighted by Gasteiger charge is -2.09. The normalized spacial score (nSPS) is 10.6. The molecule has 0 saturated heterocycles. The maximum atomic E-state index is 14.1. The molecule has 3 rings (SSSR count).